The molecule has 7 nitrogen and oxygen atoms in total. The number of hydrogen-bond acceptors (Lipinski definition) is 5. The van der Waals surface area contributed by atoms with E-state index in [0.29, 0.717) is 50.7 Å². The lowest BCUT2D eigenvalue weighted by atomic mass is 10.1. The molecule has 1 fully saturated rings. The van der Waals surface area contributed by atoms with Crippen molar-refractivity contribution in [3.63, 3.8) is 0 Å². The van der Waals surface area contributed by atoms with E-state index < -0.39 is 0 Å². The summed E-state index contributed by atoms with van der Waals surface area (Å²) in [5, 5.41) is 0. The Hall–Kier alpha value is -2.28. The predicted molar refractivity (Wildman–Crippen MR) is 102 cm³/mol. The van der Waals surface area contributed by atoms with Crippen molar-refractivity contribution in [1.82, 2.24) is 14.7 Å². The number of nitrogens with zero attached hydrogens (tertiary/aromatic N) is 3. The summed E-state index contributed by atoms with van der Waals surface area (Å²) in [5.41, 5.74) is 0.941. The molecule has 2 aliphatic rings. The van der Waals surface area contributed by atoms with Gasteiger partial charge >= 0.3 is 0 Å². The molecule has 0 unspecified atom stereocenters. The molecule has 0 radical (unpaired) electrons. The number of para-hydroxylation sites is 1. The Morgan fingerprint density at radius 2 is 2.19 bits per heavy atom. The molecule has 3 rings (SSSR count). The summed E-state index contributed by atoms with van der Waals surface area (Å²) in [4.78, 5) is 31.1. The van der Waals surface area contributed by atoms with Crippen molar-refractivity contribution >= 4 is 11.8 Å². The number of rotatable bonds is 5. The first-order chi connectivity index (χ1) is 13.0. The molecule has 0 aromatic heterocycles. The molecule has 2 heterocycles. The zero-order chi connectivity index (χ0) is 19.4. The van der Waals surface area contributed by atoms with Crippen molar-refractivity contribution in [3.8, 4) is 11.5 Å². The van der Waals surface area contributed by atoms with Gasteiger partial charge in [-0.1, -0.05) is 12.1 Å². The topological polar surface area (TPSA) is 62.3 Å². The Bertz CT molecular complexity index is 692. The molecule has 0 aliphatic carbocycles. The molecule has 0 bridgehead atoms. The maximum Gasteiger partial charge on any atom is 0.228 e. The molecule has 0 N–H and O–H groups in total. The van der Waals surface area contributed by atoms with Gasteiger partial charge in [-0.05, 0) is 26.6 Å². The lowest BCUT2D eigenvalue weighted by molar-refractivity contribution is -0.136. The van der Waals surface area contributed by atoms with Crippen LogP contribution in [0.25, 0.3) is 0 Å². The van der Waals surface area contributed by atoms with E-state index in [4.69, 9.17) is 9.47 Å². The van der Waals surface area contributed by atoms with Gasteiger partial charge in [0.1, 0.15) is 0 Å². The van der Waals surface area contributed by atoms with Gasteiger partial charge < -0.3 is 24.2 Å². The first-order valence-electron chi connectivity index (χ1n) is 9.49. The van der Waals surface area contributed by atoms with Gasteiger partial charge in [-0.3, -0.25) is 9.59 Å². The molecule has 1 aromatic carbocycles. The average molecular weight is 375 g/mol. The monoisotopic (exact) mass is 375 g/mol. The van der Waals surface area contributed by atoms with Crippen LogP contribution in [-0.2, 0) is 16.1 Å². The summed E-state index contributed by atoms with van der Waals surface area (Å²) in [6.45, 7) is 3.65. The van der Waals surface area contributed by atoms with Crippen LogP contribution in [0.15, 0.2) is 18.2 Å². The van der Waals surface area contributed by atoms with Crippen LogP contribution in [0, 0.1) is 5.92 Å². The van der Waals surface area contributed by atoms with Crippen LogP contribution in [0.5, 0.6) is 11.5 Å². The minimum atomic E-state index is -0.255. The molecule has 1 saturated heterocycles. The van der Waals surface area contributed by atoms with Gasteiger partial charge in [-0.25, -0.2) is 0 Å². The Kier molecular flexibility index (Phi) is 6.21. The Labute approximate surface area is 160 Å². The number of fused-ring (bicyclic) bond motifs is 1. The third-order valence-corrected chi connectivity index (χ3v) is 5.15. The standard InChI is InChI=1S/C20H29N3O4/c1-21(2)9-10-22-14-16(12-18(22)24)20(25)23-8-5-11-27-19-15(13-23)6-4-7-17(19)26-3/h4,6-7,16H,5,8-14H2,1-3H3/t16-/m0/s1. The van der Waals surface area contributed by atoms with Crippen molar-refractivity contribution in [2.75, 3.05) is 54.0 Å². The van der Waals surface area contributed by atoms with Gasteiger partial charge in [0.05, 0.1) is 19.6 Å². The number of carbonyl (C=O) groups excluding carboxylic acids is 2. The zero-order valence-electron chi connectivity index (χ0n) is 16.4. The molecule has 1 aromatic rings. The van der Waals surface area contributed by atoms with Gasteiger partial charge in [0, 0.05) is 44.7 Å². The van der Waals surface area contributed by atoms with Crippen molar-refractivity contribution in [3.05, 3.63) is 23.8 Å². The first-order valence-corrected chi connectivity index (χ1v) is 9.49. The normalized spacial score (nSPS) is 20.1. The minimum Gasteiger partial charge on any atom is -0.493 e. The predicted octanol–water partition coefficient (Wildman–Crippen LogP) is 1.22. The third kappa shape index (κ3) is 4.53. The van der Waals surface area contributed by atoms with Crippen LogP contribution in [-0.4, -0.2) is 80.5 Å². The Morgan fingerprint density at radius 3 is 2.93 bits per heavy atom. The van der Waals surface area contributed by atoms with E-state index in [2.05, 4.69) is 0 Å². The number of benzene rings is 1. The number of likely N-dealkylation sites (tertiary alicyclic amines) is 1. The first kappa shape index (κ1) is 19.5. The lowest BCUT2D eigenvalue weighted by Crippen LogP contribution is -2.39. The number of hydrogen-bond donors (Lipinski definition) is 0. The zero-order valence-corrected chi connectivity index (χ0v) is 16.4. The van der Waals surface area contributed by atoms with Gasteiger partial charge in [0.15, 0.2) is 11.5 Å². The van der Waals surface area contributed by atoms with Crippen LogP contribution < -0.4 is 9.47 Å². The van der Waals surface area contributed by atoms with E-state index in [1.807, 2.05) is 47.0 Å². The van der Waals surface area contributed by atoms with E-state index in [0.717, 1.165) is 18.5 Å². The maximum atomic E-state index is 13.1. The van der Waals surface area contributed by atoms with Crippen molar-refractivity contribution in [2.45, 2.75) is 19.4 Å². The molecule has 7 heteroatoms. The molecule has 2 aliphatic heterocycles. The van der Waals surface area contributed by atoms with Crippen LogP contribution in [0.2, 0.25) is 0 Å². The SMILES string of the molecule is COc1cccc2c1OCCCN(C(=O)[C@H]1CC(=O)N(CCN(C)C)C1)C2. The average Bonchev–Trinajstić information content (AvgIpc) is 3.00. The van der Waals surface area contributed by atoms with Crippen LogP contribution >= 0.6 is 0 Å². The quantitative estimate of drug-likeness (QED) is 0.774. The fourth-order valence-corrected chi connectivity index (χ4v) is 3.65. The van der Waals surface area contributed by atoms with Crippen molar-refractivity contribution < 1.29 is 19.1 Å². The largest absolute Gasteiger partial charge is 0.493 e. The van der Waals surface area contributed by atoms with Crippen molar-refractivity contribution in [1.29, 1.82) is 0 Å². The highest BCUT2D eigenvalue weighted by Crippen LogP contribution is 2.33. The Morgan fingerprint density at radius 1 is 1.37 bits per heavy atom. The molecule has 0 saturated carbocycles. The fourth-order valence-electron chi connectivity index (χ4n) is 3.65. The van der Waals surface area contributed by atoms with Gasteiger partial charge in [-0.15, -0.1) is 0 Å². The van der Waals surface area contributed by atoms with E-state index >= 15 is 0 Å². The summed E-state index contributed by atoms with van der Waals surface area (Å²) in [6.07, 6.45) is 1.07. The minimum absolute atomic E-state index is 0.0615. The second-order valence-electron chi connectivity index (χ2n) is 7.45. The molecule has 1 atom stereocenters. The Balaban J connectivity index is 1.70. The van der Waals surface area contributed by atoms with E-state index in [1.165, 1.54) is 0 Å². The highest BCUT2D eigenvalue weighted by Gasteiger charge is 2.36. The number of carbonyl (C=O) groups is 2. The summed E-state index contributed by atoms with van der Waals surface area (Å²) in [5.74, 6) is 1.29. The number of methoxy groups -OCH3 is 1. The smallest absolute Gasteiger partial charge is 0.228 e. The summed E-state index contributed by atoms with van der Waals surface area (Å²) in [6, 6.07) is 5.74. The van der Waals surface area contributed by atoms with E-state index in [9.17, 15) is 9.59 Å². The summed E-state index contributed by atoms with van der Waals surface area (Å²) < 4.78 is 11.3. The number of likely N-dealkylation sites (N-methyl/N-ethyl adjacent to an activating group) is 1. The third-order valence-electron chi connectivity index (χ3n) is 5.15. The lowest BCUT2D eigenvalue weighted by Gasteiger charge is -2.29. The van der Waals surface area contributed by atoms with Gasteiger partial charge in [0.2, 0.25) is 11.8 Å². The van der Waals surface area contributed by atoms with Crippen LogP contribution in [0.4, 0.5) is 0 Å². The van der Waals surface area contributed by atoms with Gasteiger partial charge in [0.25, 0.3) is 0 Å². The van der Waals surface area contributed by atoms with Gasteiger partial charge in [-0.2, -0.15) is 0 Å². The molecule has 0 spiro atoms. The highest BCUT2D eigenvalue weighted by molar-refractivity contribution is 5.89. The van der Waals surface area contributed by atoms with Crippen LogP contribution in [0.3, 0.4) is 0 Å². The highest BCUT2D eigenvalue weighted by atomic mass is 16.5. The molecule has 27 heavy (non-hydrogen) atoms. The maximum absolute atomic E-state index is 13.1. The second-order valence-corrected chi connectivity index (χ2v) is 7.45. The van der Waals surface area contributed by atoms with E-state index in [1.54, 1.807) is 7.11 Å². The number of amides is 2. The van der Waals surface area contributed by atoms with Crippen molar-refractivity contribution in [2.24, 2.45) is 5.92 Å². The number of ether oxygens (including phenoxy) is 2. The second kappa shape index (κ2) is 8.61. The van der Waals surface area contributed by atoms with Crippen LogP contribution in [0.1, 0.15) is 18.4 Å². The van der Waals surface area contributed by atoms with E-state index in [-0.39, 0.29) is 17.7 Å². The molecular weight excluding hydrogens is 346 g/mol. The molecule has 2 amide bonds. The fraction of sp³-hybridized carbons (Fsp3) is 0.600. The summed E-state index contributed by atoms with van der Waals surface area (Å²) >= 11 is 0. The summed E-state index contributed by atoms with van der Waals surface area (Å²) in [7, 11) is 5.58. The molecule has 148 valence electrons. The molecular formula is C20H29N3O4.